The van der Waals surface area contributed by atoms with Crippen LogP contribution in [0.3, 0.4) is 0 Å². The molecule has 0 saturated heterocycles. The Hall–Kier alpha value is -3.29. The Balaban J connectivity index is 1.68. The van der Waals surface area contributed by atoms with Crippen LogP contribution < -0.4 is 15.8 Å². The number of carbonyl (C=O) groups excluding carboxylic acids is 1. The summed E-state index contributed by atoms with van der Waals surface area (Å²) >= 11 is 0. The largest absolute Gasteiger partial charge is 0.349 e. The molecule has 25 heavy (non-hydrogen) atoms. The minimum Gasteiger partial charge on any atom is -0.349 e. The van der Waals surface area contributed by atoms with Crippen LogP contribution in [0.1, 0.15) is 5.69 Å². The third-order valence-corrected chi connectivity index (χ3v) is 3.61. The van der Waals surface area contributed by atoms with E-state index < -0.39 is 0 Å². The minimum absolute atomic E-state index is 0.0950. The van der Waals surface area contributed by atoms with Crippen LogP contribution in [-0.2, 0) is 17.9 Å². The molecule has 2 aromatic heterocycles. The fourth-order valence-electron chi connectivity index (χ4n) is 2.32. The maximum absolute atomic E-state index is 12.4. The number of benzene rings is 1. The molecule has 0 aliphatic carbocycles. The van der Waals surface area contributed by atoms with E-state index in [4.69, 9.17) is 0 Å². The zero-order valence-electron chi connectivity index (χ0n) is 14.0. The van der Waals surface area contributed by atoms with Gasteiger partial charge in [0.25, 0.3) is 5.56 Å². The van der Waals surface area contributed by atoms with Gasteiger partial charge in [-0.1, -0.05) is 12.1 Å². The number of anilines is 1. The first kappa shape index (κ1) is 16.6. The predicted octanol–water partition coefficient (Wildman–Crippen LogP) is 0.569. The molecule has 0 saturated carbocycles. The third kappa shape index (κ3) is 3.79. The molecule has 2 heterocycles. The Morgan fingerprint density at radius 3 is 2.80 bits per heavy atom. The van der Waals surface area contributed by atoms with E-state index >= 15 is 0 Å². The van der Waals surface area contributed by atoms with E-state index in [0.29, 0.717) is 22.5 Å². The number of carbonyl (C=O) groups is 1. The molecule has 0 atom stereocenters. The molecule has 0 radical (unpaired) electrons. The van der Waals surface area contributed by atoms with Crippen LogP contribution in [-0.4, -0.2) is 39.5 Å². The highest BCUT2D eigenvalue weighted by Crippen LogP contribution is 2.05. The van der Waals surface area contributed by atoms with Gasteiger partial charge in [-0.25, -0.2) is 15.0 Å². The van der Waals surface area contributed by atoms with Crippen molar-refractivity contribution in [1.82, 2.24) is 24.8 Å². The number of hydrogen-bond donors (Lipinski definition) is 1. The van der Waals surface area contributed by atoms with Crippen LogP contribution in [0.4, 0.5) is 5.95 Å². The molecule has 3 aromatic rings. The van der Waals surface area contributed by atoms with Gasteiger partial charge in [0, 0.05) is 20.3 Å². The normalized spacial score (nSPS) is 10.6. The summed E-state index contributed by atoms with van der Waals surface area (Å²) in [4.78, 5) is 39.0. The van der Waals surface area contributed by atoms with E-state index in [1.807, 2.05) is 20.2 Å². The molecule has 0 aliphatic heterocycles. The fraction of sp³-hybridized carbons (Fsp3) is 0.235. The number of nitrogens with one attached hydrogen (secondary N) is 1. The summed E-state index contributed by atoms with van der Waals surface area (Å²) in [6.07, 6.45) is 3.03. The molecule has 0 spiro atoms. The standard InChI is InChI=1S/C17H18N6O2/c1-22(2)17-18-8-7-12(21-17)9-19-15(24)10-23-11-20-14-6-4-3-5-13(14)16(23)25/h3-8,11H,9-10H2,1-2H3,(H,19,24). The highest BCUT2D eigenvalue weighted by atomic mass is 16.2. The van der Waals surface area contributed by atoms with E-state index in [1.165, 1.54) is 10.9 Å². The molecule has 1 N–H and O–H groups in total. The molecule has 8 heteroatoms. The number of aromatic nitrogens is 4. The van der Waals surface area contributed by atoms with Gasteiger partial charge in [-0.2, -0.15) is 0 Å². The van der Waals surface area contributed by atoms with Crippen LogP contribution in [0, 0.1) is 0 Å². The van der Waals surface area contributed by atoms with Gasteiger partial charge in [0.2, 0.25) is 11.9 Å². The second kappa shape index (κ2) is 7.08. The number of para-hydroxylation sites is 1. The van der Waals surface area contributed by atoms with Gasteiger partial charge in [0.1, 0.15) is 6.54 Å². The molecule has 1 amide bonds. The quantitative estimate of drug-likeness (QED) is 0.731. The van der Waals surface area contributed by atoms with Crippen LogP contribution in [0.25, 0.3) is 10.9 Å². The molecule has 0 fully saturated rings. The van der Waals surface area contributed by atoms with Crippen molar-refractivity contribution in [1.29, 1.82) is 0 Å². The van der Waals surface area contributed by atoms with Gasteiger partial charge < -0.3 is 10.2 Å². The van der Waals surface area contributed by atoms with Crippen molar-refractivity contribution in [2.45, 2.75) is 13.1 Å². The first-order valence-corrected chi connectivity index (χ1v) is 7.75. The Bertz CT molecular complexity index is 967. The van der Waals surface area contributed by atoms with Crippen molar-refractivity contribution in [3.8, 4) is 0 Å². The highest BCUT2D eigenvalue weighted by Gasteiger charge is 2.08. The molecule has 0 aliphatic rings. The zero-order chi connectivity index (χ0) is 17.8. The van der Waals surface area contributed by atoms with Crippen molar-refractivity contribution in [3.05, 3.63) is 58.9 Å². The summed E-state index contributed by atoms with van der Waals surface area (Å²) < 4.78 is 1.29. The van der Waals surface area contributed by atoms with Gasteiger partial charge >= 0.3 is 0 Å². The topological polar surface area (TPSA) is 93.0 Å². The Morgan fingerprint density at radius 1 is 1.20 bits per heavy atom. The lowest BCUT2D eigenvalue weighted by atomic mass is 10.2. The molecular weight excluding hydrogens is 320 g/mol. The van der Waals surface area contributed by atoms with Crippen molar-refractivity contribution in [2.75, 3.05) is 19.0 Å². The van der Waals surface area contributed by atoms with Crippen molar-refractivity contribution in [3.63, 3.8) is 0 Å². The Labute approximate surface area is 144 Å². The van der Waals surface area contributed by atoms with Crippen molar-refractivity contribution >= 4 is 22.8 Å². The number of nitrogens with zero attached hydrogens (tertiary/aromatic N) is 5. The van der Waals surface area contributed by atoms with E-state index in [0.717, 1.165) is 0 Å². The lowest BCUT2D eigenvalue weighted by Gasteiger charge is -2.11. The fourth-order valence-corrected chi connectivity index (χ4v) is 2.32. The SMILES string of the molecule is CN(C)c1nccc(CNC(=O)Cn2cnc3ccccc3c2=O)n1. The lowest BCUT2D eigenvalue weighted by Crippen LogP contribution is -2.32. The predicted molar refractivity (Wildman–Crippen MR) is 94.2 cm³/mol. The summed E-state index contributed by atoms with van der Waals surface area (Å²) in [5.41, 5.74) is 1.06. The van der Waals surface area contributed by atoms with Gasteiger partial charge in [0.15, 0.2) is 0 Å². The Kier molecular flexibility index (Phi) is 4.69. The number of hydrogen-bond acceptors (Lipinski definition) is 6. The monoisotopic (exact) mass is 338 g/mol. The summed E-state index contributed by atoms with van der Waals surface area (Å²) in [7, 11) is 3.69. The van der Waals surface area contributed by atoms with Crippen LogP contribution in [0.15, 0.2) is 47.7 Å². The average molecular weight is 338 g/mol. The van der Waals surface area contributed by atoms with Crippen molar-refractivity contribution < 1.29 is 4.79 Å². The first-order valence-electron chi connectivity index (χ1n) is 7.75. The van der Waals surface area contributed by atoms with E-state index in [-0.39, 0.29) is 24.6 Å². The zero-order valence-corrected chi connectivity index (χ0v) is 14.0. The Morgan fingerprint density at radius 2 is 2.00 bits per heavy atom. The lowest BCUT2D eigenvalue weighted by molar-refractivity contribution is -0.121. The van der Waals surface area contributed by atoms with E-state index in [1.54, 1.807) is 35.4 Å². The third-order valence-electron chi connectivity index (χ3n) is 3.61. The van der Waals surface area contributed by atoms with Gasteiger partial charge in [-0.3, -0.25) is 14.2 Å². The summed E-state index contributed by atoms with van der Waals surface area (Å²) in [6, 6.07) is 8.78. The molecule has 0 bridgehead atoms. The molecule has 0 unspecified atom stereocenters. The second-order valence-electron chi connectivity index (χ2n) is 5.71. The molecule has 8 nitrogen and oxygen atoms in total. The van der Waals surface area contributed by atoms with Crippen molar-refractivity contribution in [2.24, 2.45) is 0 Å². The van der Waals surface area contributed by atoms with E-state index in [2.05, 4.69) is 20.3 Å². The maximum Gasteiger partial charge on any atom is 0.261 e. The van der Waals surface area contributed by atoms with Gasteiger partial charge in [0.05, 0.1) is 29.5 Å². The molecule has 1 aromatic carbocycles. The van der Waals surface area contributed by atoms with Crippen LogP contribution in [0.2, 0.25) is 0 Å². The smallest absolute Gasteiger partial charge is 0.261 e. The number of amides is 1. The number of rotatable bonds is 5. The van der Waals surface area contributed by atoms with Gasteiger partial charge in [-0.15, -0.1) is 0 Å². The van der Waals surface area contributed by atoms with Crippen LogP contribution >= 0.6 is 0 Å². The maximum atomic E-state index is 12.4. The van der Waals surface area contributed by atoms with E-state index in [9.17, 15) is 9.59 Å². The van der Waals surface area contributed by atoms with Crippen LogP contribution in [0.5, 0.6) is 0 Å². The summed E-state index contributed by atoms with van der Waals surface area (Å²) in [5.74, 6) is 0.283. The first-order chi connectivity index (χ1) is 12.0. The highest BCUT2D eigenvalue weighted by molar-refractivity contribution is 5.78. The average Bonchev–Trinajstić information content (AvgIpc) is 2.63. The summed E-state index contributed by atoms with van der Waals surface area (Å²) in [6.45, 7) is 0.167. The second-order valence-corrected chi connectivity index (χ2v) is 5.71. The number of fused-ring (bicyclic) bond motifs is 1. The minimum atomic E-state index is -0.288. The summed E-state index contributed by atoms with van der Waals surface area (Å²) in [5, 5.41) is 3.24. The molecule has 128 valence electrons. The molecule has 3 rings (SSSR count). The van der Waals surface area contributed by atoms with Gasteiger partial charge in [-0.05, 0) is 18.2 Å². The molecular formula is C17H18N6O2.